The molecule has 1 atom stereocenters. The molecule has 0 fully saturated rings. The molecule has 2 rings (SSSR count). The van der Waals surface area contributed by atoms with Crippen LogP contribution in [0, 0.1) is 0 Å². The summed E-state index contributed by atoms with van der Waals surface area (Å²) in [6.45, 7) is 1.91. The second-order valence-electron chi connectivity index (χ2n) is 4.61. The van der Waals surface area contributed by atoms with Crippen LogP contribution < -0.4 is 5.73 Å². The number of halogens is 3. The molecule has 0 aliphatic carbocycles. The SMILES string of the molecule is CC(CC(N)=O)n1c(CCCl)nc2cc(Cl)c(Cl)cc21. The Hall–Kier alpha value is -0.970. The highest BCUT2D eigenvalue weighted by molar-refractivity contribution is 6.42. The molecular formula is C13H14Cl3N3O. The fraction of sp³-hybridized carbons (Fsp3) is 0.385. The van der Waals surface area contributed by atoms with E-state index < -0.39 is 0 Å². The summed E-state index contributed by atoms with van der Waals surface area (Å²) in [6.07, 6.45) is 0.815. The van der Waals surface area contributed by atoms with Crippen molar-refractivity contribution in [3.8, 4) is 0 Å². The van der Waals surface area contributed by atoms with Gasteiger partial charge < -0.3 is 10.3 Å². The number of imidazole rings is 1. The van der Waals surface area contributed by atoms with Crippen LogP contribution in [-0.4, -0.2) is 21.3 Å². The number of aromatic nitrogens is 2. The van der Waals surface area contributed by atoms with Gasteiger partial charge in [-0.25, -0.2) is 4.98 Å². The standard InChI is InChI=1S/C13H14Cl3N3O/c1-7(4-12(17)20)19-11-6-9(16)8(15)5-10(11)18-13(19)2-3-14/h5-7H,2-4H2,1H3,(H2,17,20). The molecule has 1 aromatic carbocycles. The summed E-state index contributed by atoms with van der Waals surface area (Å²) < 4.78 is 1.95. The van der Waals surface area contributed by atoms with Crippen molar-refractivity contribution in [1.29, 1.82) is 0 Å². The van der Waals surface area contributed by atoms with Crippen LogP contribution in [0.5, 0.6) is 0 Å². The average Bonchev–Trinajstić information content (AvgIpc) is 2.67. The van der Waals surface area contributed by atoms with Gasteiger partial charge in [0.2, 0.25) is 5.91 Å². The van der Waals surface area contributed by atoms with Crippen molar-refractivity contribution in [2.75, 3.05) is 5.88 Å². The summed E-state index contributed by atoms with van der Waals surface area (Å²) in [5, 5.41) is 0.896. The molecule has 2 aromatic rings. The Morgan fingerprint density at radius 2 is 2.05 bits per heavy atom. The second-order valence-corrected chi connectivity index (χ2v) is 5.80. The number of primary amides is 1. The highest BCUT2D eigenvalue weighted by atomic mass is 35.5. The molecule has 0 aliphatic heterocycles. The van der Waals surface area contributed by atoms with Gasteiger partial charge in [-0.3, -0.25) is 4.79 Å². The summed E-state index contributed by atoms with van der Waals surface area (Å²) in [4.78, 5) is 15.7. The van der Waals surface area contributed by atoms with Crippen LogP contribution in [0.15, 0.2) is 12.1 Å². The number of fused-ring (bicyclic) bond motifs is 1. The van der Waals surface area contributed by atoms with Crippen molar-refractivity contribution < 1.29 is 4.79 Å². The zero-order chi connectivity index (χ0) is 14.9. The van der Waals surface area contributed by atoms with E-state index in [0.717, 1.165) is 16.9 Å². The molecule has 20 heavy (non-hydrogen) atoms. The zero-order valence-electron chi connectivity index (χ0n) is 10.9. The van der Waals surface area contributed by atoms with Gasteiger partial charge in [0.15, 0.2) is 0 Å². The lowest BCUT2D eigenvalue weighted by molar-refractivity contribution is -0.118. The molecule has 1 amide bonds. The maximum atomic E-state index is 11.1. The number of alkyl halides is 1. The van der Waals surface area contributed by atoms with Gasteiger partial charge in [-0.05, 0) is 19.1 Å². The molecule has 0 saturated heterocycles. The van der Waals surface area contributed by atoms with Crippen LogP contribution in [0.2, 0.25) is 10.0 Å². The number of aryl methyl sites for hydroxylation is 1. The summed E-state index contributed by atoms with van der Waals surface area (Å²) in [7, 11) is 0. The highest BCUT2D eigenvalue weighted by Gasteiger charge is 2.18. The predicted molar refractivity (Wildman–Crippen MR) is 82.7 cm³/mol. The average molecular weight is 335 g/mol. The number of hydrogen-bond acceptors (Lipinski definition) is 2. The Morgan fingerprint density at radius 1 is 1.40 bits per heavy atom. The third kappa shape index (κ3) is 3.03. The second kappa shape index (κ2) is 6.20. The molecule has 0 aliphatic rings. The van der Waals surface area contributed by atoms with Gasteiger partial charge in [0.25, 0.3) is 0 Å². The van der Waals surface area contributed by atoms with Crippen LogP contribution >= 0.6 is 34.8 Å². The maximum absolute atomic E-state index is 11.1. The van der Waals surface area contributed by atoms with Crippen molar-refractivity contribution in [2.45, 2.75) is 25.8 Å². The Bertz CT molecular complexity index is 654. The van der Waals surface area contributed by atoms with Gasteiger partial charge in [-0.1, -0.05) is 23.2 Å². The lowest BCUT2D eigenvalue weighted by Crippen LogP contribution is -2.19. The van der Waals surface area contributed by atoms with Crippen LogP contribution in [-0.2, 0) is 11.2 Å². The van der Waals surface area contributed by atoms with Crippen molar-refractivity contribution in [2.24, 2.45) is 5.73 Å². The molecule has 4 nitrogen and oxygen atoms in total. The predicted octanol–water partition coefficient (Wildman–Crippen LogP) is 3.56. The Kier molecular flexibility index (Phi) is 4.78. The number of amides is 1. The van der Waals surface area contributed by atoms with Gasteiger partial charge in [0.1, 0.15) is 5.82 Å². The topological polar surface area (TPSA) is 60.9 Å². The van der Waals surface area contributed by atoms with Crippen molar-refractivity contribution in [3.63, 3.8) is 0 Å². The summed E-state index contributed by atoms with van der Waals surface area (Å²) in [5.41, 5.74) is 6.84. The van der Waals surface area contributed by atoms with Crippen LogP contribution in [0.3, 0.4) is 0 Å². The van der Waals surface area contributed by atoms with E-state index in [2.05, 4.69) is 4.98 Å². The van der Waals surface area contributed by atoms with Crippen LogP contribution in [0.4, 0.5) is 0 Å². The first-order chi connectivity index (χ1) is 9.43. The molecule has 0 radical (unpaired) electrons. The first kappa shape index (κ1) is 15.4. The third-order valence-corrected chi connectivity index (χ3v) is 3.97. The summed E-state index contributed by atoms with van der Waals surface area (Å²) >= 11 is 17.9. The maximum Gasteiger partial charge on any atom is 0.219 e. The molecule has 0 bridgehead atoms. The molecule has 1 unspecified atom stereocenters. The smallest absolute Gasteiger partial charge is 0.219 e. The van der Waals surface area contributed by atoms with Crippen molar-refractivity contribution in [3.05, 3.63) is 28.0 Å². The minimum absolute atomic E-state index is 0.118. The van der Waals surface area contributed by atoms with Gasteiger partial charge in [-0.2, -0.15) is 0 Å². The van der Waals surface area contributed by atoms with E-state index in [1.165, 1.54) is 0 Å². The lowest BCUT2D eigenvalue weighted by Gasteiger charge is -2.16. The van der Waals surface area contributed by atoms with E-state index in [9.17, 15) is 4.79 Å². The molecule has 1 heterocycles. The van der Waals surface area contributed by atoms with Gasteiger partial charge in [-0.15, -0.1) is 11.6 Å². The number of carbonyl (C=O) groups excluding carboxylic acids is 1. The minimum atomic E-state index is -0.365. The number of nitrogens with zero attached hydrogens (tertiary/aromatic N) is 2. The zero-order valence-corrected chi connectivity index (χ0v) is 13.1. The Morgan fingerprint density at radius 3 is 2.65 bits per heavy atom. The quantitative estimate of drug-likeness (QED) is 0.850. The number of carbonyl (C=O) groups is 1. The summed E-state index contributed by atoms with van der Waals surface area (Å²) in [5.74, 6) is 0.868. The number of rotatable bonds is 5. The van der Waals surface area contributed by atoms with Crippen molar-refractivity contribution >= 4 is 51.7 Å². The normalized spacial score (nSPS) is 12.8. The van der Waals surface area contributed by atoms with Gasteiger partial charge >= 0.3 is 0 Å². The van der Waals surface area contributed by atoms with Crippen LogP contribution in [0.25, 0.3) is 11.0 Å². The molecule has 7 heteroatoms. The fourth-order valence-corrected chi connectivity index (χ4v) is 2.76. The number of nitrogens with two attached hydrogens (primary N) is 1. The van der Waals surface area contributed by atoms with E-state index >= 15 is 0 Å². The monoisotopic (exact) mass is 333 g/mol. The van der Waals surface area contributed by atoms with E-state index in [4.69, 9.17) is 40.5 Å². The first-order valence-electron chi connectivity index (χ1n) is 6.14. The number of benzene rings is 1. The van der Waals surface area contributed by atoms with E-state index in [0.29, 0.717) is 22.3 Å². The minimum Gasteiger partial charge on any atom is -0.370 e. The molecule has 108 valence electrons. The van der Waals surface area contributed by atoms with Gasteiger partial charge in [0.05, 0.1) is 21.1 Å². The highest BCUT2D eigenvalue weighted by Crippen LogP contribution is 2.31. The van der Waals surface area contributed by atoms with Gasteiger partial charge in [0, 0.05) is 24.8 Å². The number of hydrogen-bond donors (Lipinski definition) is 1. The fourth-order valence-electron chi connectivity index (χ4n) is 2.28. The Balaban J connectivity index is 2.61. The van der Waals surface area contributed by atoms with E-state index in [1.54, 1.807) is 12.1 Å². The van der Waals surface area contributed by atoms with E-state index in [-0.39, 0.29) is 18.4 Å². The Labute approximate surface area is 131 Å². The summed E-state index contributed by atoms with van der Waals surface area (Å²) in [6, 6.07) is 3.35. The van der Waals surface area contributed by atoms with Crippen molar-refractivity contribution in [1.82, 2.24) is 9.55 Å². The first-order valence-corrected chi connectivity index (χ1v) is 7.43. The molecule has 0 saturated carbocycles. The van der Waals surface area contributed by atoms with E-state index in [1.807, 2.05) is 11.5 Å². The molecular weight excluding hydrogens is 321 g/mol. The molecule has 2 N–H and O–H groups in total. The molecule has 1 aromatic heterocycles. The molecule has 0 spiro atoms. The lowest BCUT2D eigenvalue weighted by atomic mass is 10.2. The third-order valence-electron chi connectivity index (χ3n) is 3.06. The largest absolute Gasteiger partial charge is 0.370 e. The van der Waals surface area contributed by atoms with Crippen LogP contribution in [0.1, 0.15) is 25.2 Å².